The van der Waals surface area contributed by atoms with Gasteiger partial charge >= 0.3 is 0 Å². The van der Waals surface area contributed by atoms with Gasteiger partial charge in [-0.3, -0.25) is 4.21 Å². The molecule has 1 saturated heterocycles. The summed E-state index contributed by atoms with van der Waals surface area (Å²) in [7, 11) is -0.613. The molecule has 1 aliphatic rings. The van der Waals surface area contributed by atoms with Crippen LogP contribution in [-0.2, 0) is 15.5 Å². The summed E-state index contributed by atoms with van der Waals surface area (Å²) in [6.45, 7) is 2.88. The molecule has 0 radical (unpaired) electrons. The van der Waals surface area contributed by atoms with Gasteiger partial charge in [0.25, 0.3) is 0 Å². The maximum Gasteiger partial charge on any atom is 0.0924 e. The van der Waals surface area contributed by atoms with E-state index in [1.54, 1.807) is 0 Å². The van der Waals surface area contributed by atoms with Crippen LogP contribution in [0.25, 0.3) is 0 Å². The van der Waals surface area contributed by atoms with Crippen molar-refractivity contribution in [3.63, 3.8) is 0 Å². The van der Waals surface area contributed by atoms with Crippen molar-refractivity contribution in [1.29, 1.82) is 0 Å². The van der Waals surface area contributed by atoms with Gasteiger partial charge in [-0.05, 0) is 6.42 Å². The molecular formula is C6H12O2S. The lowest BCUT2D eigenvalue weighted by Crippen LogP contribution is -2.06. The van der Waals surface area contributed by atoms with Crippen molar-refractivity contribution in [1.82, 2.24) is 0 Å². The highest BCUT2D eigenvalue weighted by Gasteiger charge is 2.24. The second-order valence-corrected chi connectivity index (χ2v) is 3.89. The zero-order valence-electron chi connectivity index (χ0n) is 5.63. The predicted octanol–water partition coefficient (Wildman–Crippen LogP) is 0.544. The van der Waals surface area contributed by atoms with E-state index < -0.39 is 10.8 Å². The molecule has 0 aromatic carbocycles. The second kappa shape index (κ2) is 3.32. The third-order valence-electron chi connectivity index (χ3n) is 1.21. The topological polar surface area (TPSA) is 29.6 Å². The van der Waals surface area contributed by atoms with Gasteiger partial charge in [-0.25, -0.2) is 0 Å². The second-order valence-electron chi connectivity index (χ2n) is 2.27. The molecule has 54 valence electrons. The monoisotopic (exact) mass is 148 g/mol. The SMILES string of the molecule is CCCS(=O)CC1CO1. The number of hydrogen-bond donors (Lipinski definition) is 0. The molecule has 0 aromatic heterocycles. The van der Waals surface area contributed by atoms with Gasteiger partial charge in [0.15, 0.2) is 0 Å². The van der Waals surface area contributed by atoms with Crippen LogP contribution in [0.1, 0.15) is 13.3 Å². The van der Waals surface area contributed by atoms with E-state index >= 15 is 0 Å². The Morgan fingerprint density at radius 1 is 1.78 bits per heavy atom. The van der Waals surface area contributed by atoms with Crippen molar-refractivity contribution in [3.8, 4) is 0 Å². The van der Waals surface area contributed by atoms with Gasteiger partial charge in [-0.15, -0.1) is 0 Å². The number of hydrogen-bond acceptors (Lipinski definition) is 2. The first-order valence-electron chi connectivity index (χ1n) is 3.29. The minimum absolute atomic E-state index is 0.331. The molecule has 0 saturated carbocycles. The van der Waals surface area contributed by atoms with Crippen molar-refractivity contribution in [2.24, 2.45) is 0 Å². The lowest BCUT2D eigenvalue weighted by atomic mass is 10.6. The zero-order chi connectivity index (χ0) is 6.69. The van der Waals surface area contributed by atoms with Gasteiger partial charge < -0.3 is 4.74 Å². The maximum absolute atomic E-state index is 10.9. The fraction of sp³-hybridized carbons (Fsp3) is 1.00. The van der Waals surface area contributed by atoms with Crippen molar-refractivity contribution in [2.75, 3.05) is 18.1 Å². The van der Waals surface area contributed by atoms with Crippen molar-refractivity contribution < 1.29 is 8.95 Å². The fourth-order valence-electron chi connectivity index (χ4n) is 0.683. The van der Waals surface area contributed by atoms with Crippen LogP contribution in [0, 0.1) is 0 Å². The Morgan fingerprint density at radius 2 is 2.44 bits per heavy atom. The molecule has 0 amide bonds. The highest BCUT2D eigenvalue weighted by atomic mass is 32.2. The molecule has 9 heavy (non-hydrogen) atoms. The van der Waals surface area contributed by atoms with Crippen LogP contribution in [0.5, 0.6) is 0 Å². The largest absolute Gasteiger partial charge is 0.372 e. The average molecular weight is 148 g/mol. The Hall–Kier alpha value is 0.110. The Balaban J connectivity index is 2.02. The fourth-order valence-corrected chi connectivity index (χ4v) is 1.91. The predicted molar refractivity (Wildman–Crippen MR) is 37.9 cm³/mol. The molecule has 0 spiro atoms. The molecule has 0 aliphatic carbocycles. The van der Waals surface area contributed by atoms with Crippen LogP contribution >= 0.6 is 0 Å². The van der Waals surface area contributed by atoms with E-state index in [0.717, 1.165) is 24.5 Å². The summed E-state index contributed by atoms with van der Waals surface area (Å²) in [5.74, 6) is 1.59. The Bertz CT molecular complexity index is 110. The Kier molecular flexibility index (Phi) is 2.66. The summed E-state index contributed by atoms with van der Waals surface area (Å²) in [4.78, 5) is 0. The highest BCUT2D eigenvalue weighted by molar-refractivity contribution is 7.85. The molecule has 3 heteroatoms. The molecule has 0 N–H and O–H groups in total. The van der Waals surface area contributed by atoms with Crippen LogP contribution in [0.4, 0.5) is 0 Å². The van der Waals surface area contributed by atoms with Crippen molar-refractivity contribution in [3.05, 3.63) is 0 Å². The highest BCUT2D eigenvalue weighted by Crippen LogP contribution is 2.10. The molecule has 0 bridgehead atoms. The van der Waals surface area contributed by atoms with Gasteiger partial charge in [-0.1, -0.05) is 6.92 Å². The van der Waals surface area contributed by atoms with E-state index in [-0.39, 0.29) is 0 Å². The van der Waals surface area contributed by atoms with Gasteiger partial charge in [0.2, 0.25) is 0 Å². The Labute approximate surface area is 58.0 Å². The molecule has 1 aliphatic heterocycles. The third kappa shape index (κ3) is 2.96. The molecule has 1 rings (SSSR count). The average Bonchev–Trinajstić information content (AvgIpc) is 2.50. The number of epoxide rings is 1. The normalized spacial score (nSPS) is 27.9. The standard InChI is InChI=1S/C6H12O2S/c1-2-3-9(7)5-6-4-8-6/h6H,2-5H2,1H3. The van der Waals surface area contributed by atoms with Gasteiger partial charge in [0.05, 0.1) is 18.5 Å². The van der Waals surface area contributed by atoms with Gasteiger partial charge in [0.1, 0.15) is 0 Å². The first-order valence-corrected chi connectivity index (χ1v) is 4.78. The van der Waals surface area contributed by atoms with Crippen LogP contribution in [-0.4, -0.2) is 28.4 Å². The summed E-state index contributed by atoms with van der Waals surface area (Å²) in [5.41, 5.74) is 0. The van der Waals surface area contributed by atoms with E-state index in [1.807, 2.05) is 6.92 Å². The summed E-state index contributed by atoms with van der Waals surface area (Å²) < 4.78 is 15.9. The van der Waals surface area contributed by atoms with Gasteiger partial charge in [0, 0.05) is 16.6 Å². The lowest BCUT2D eigenvalue weighted by molar-refractivity contribution is 0.424. The molecule has 0 aromatic rings. The van der Waals surface area contributed by atoms with E-state index in [4.69, 9.17) is 4.74 Å². The molecule has 2 atom stereocenters. The molecule has 2 nitrogen and oxygen atoms in total. The summed E-state index contributed by atoms with van der Waals surface area (Å²) in [6, 6.07) is 0. The van der Waals surface area contributed by atoms with Gasteiger partial charge in [-0.2, -0.15) is 0 Å². The summed E-state index contributed by atoms with van der Waals surface area (Å²) >= 11 is 0. The third-order valence-corrected chi connectivity index (χ3v) is 2.81. The van der Waals surface area contributed by atoms with Crippen LogP contribution in [0.3, 0.4) is 0 Å². The van der Waals surface area contributed by atoms with Crippen molar-refractivity contribution in [2.45, 2.75) is 19.4 Å². The lowest BCUT2D eigenvalue weighted by Gasteiger charge is -1.93. The van der Waals surface area contributed by atoms with E-state index in [1.165, 1.54) is 0 Å². The van der Waals surface area contributed by atoms with E-state index in [9.17, 15) is 4.21 Å². The van der Waals surface area contributed by atoms with Crippen LogP contribution < -0.4 is 0 Å². The smallest absolute Gasteiger partial charge is 0.0924 e. The molecule has 1 heterocycles. The quantitative estimate of drug-likeness (QED) is 0.545. The number of ether oxygens (including phenoxy) is 1. The Morgan fingerprint density at radius 3 is 2.89 bits per heavy atom. The van der Waals surface area contributed by atoms with E-state index in [2.05, 4.69) is 0 Å². The van der Waals surface area contributed by atoms with E-state index in [0.29, 0.717) is 6.10 Å². The zero-order valence-corrected chi connectivity index (χ0v) is 6.45. The molecule has 1 fully saturated rings. The first-order chi connectivity index (χ1) is 4.33. The van der Waals surface area contributed by atoms with Crippen molar-refractivity contribution >= 4 is 10.8 Å². The molecular weight excluding hydrogens is 136 g/mol. The summed E-state index contributed by atoms with van der Waals surface area (Å²) in [6.07, 6.45) is 1.34. The minimum Gasteiger partial charge on any atom is -0.372 e. The molecule has 2 unspecified atom stereocenters. The van der Waals surface area contributed by atoms with Crippen LogP contribution in [0.2, 0.25) is 0 Å². The minimum atomic E-state index is -0.613. The maximum atomic E-state index is 10.9. The van der Waals surface area contributed by atoms with Crippen LogP contribution in [0.15, 0.2) is 0 Å². The number of rotatable bonds is 4. The first kappa shape index (κ1) is 7.22. The summed E-state index contributed by atoms with van der Waals surface area (Å²) in [5, 5.41) is 0.